The molecule has 2 heterocycles. The number of aromatic nitrogens is 4. The maximum atomic E-state index is 13.7. The van der Waals surface area contributed by atoms with Crippen LogP contribution in [0.1, 0.15) is 35.1 Å². The number of halogens is 1. The van der Waals surface area contributed by atoms with Crippen molar-refractivity contribution in [1.82, 2.24) is 30.0 Å². The molecular weight excluding hydrogens is 323 g/mol. The van der Waals surface area contributed by atoms with E-state index in [4.69, 9.17) is 0 Å². The highest BCUT2D eigenvalue weighted by Gasteiger charge is 2.23. The standard InChI is InChI=1S/C17H23FN6O/c1-3-6-24-16(19-20-21-24)12-22-7-9-23(10-8-22)17(25)14-5-4-13(2)15(18)11-14/h4-5,11H,3,6-10,12H2,1-2H3. The lowest BCUT2D eigenvalue weighted by molar-refractivity contribution is 0.0623. The highest BCUT2D eigenvalue weighted by atomic mass is 19.1. The lowest BCUT2D eigenvalue weighted by Crippen LogP contribution is -2.48. The fourth-order valence-corrected chi connectivity index (χ4v) is 2.94. The van der Waals surface area contributed by atoms with Crippen molar-refractivity contribution < 1.29 is 9.18 Å². The summed E-state index contributed by atoms with van der Waals surface area (Å²) < 4.78 is 15.5. The summed E-state index contributed by atoms with van der Waals surface area (Å²) in [7, 11) is 0. The van der Waals surface area contributed by atoms with E-state index in [0.717, 1.165) is 31.9 Å². The summed E-state index contributed by atoms with van der Waals surface area (Å²) in [5.41, 5.74) is 0.953. The molecule has 7 nitrogen and oxygen atoms in total. The summed E-state index contributed by atoms with van der Waals surface area (Å²) in [5.74, 6) is 0.392. The van der Waals surface area contributed by atoms with Gasteiger partial charge in [0, 0.05) is 38.3 Å². The van der Waals surface area contributed by atoms with Crippen LogP contribution in [-0.2, 0) is 13.1 Å². The summed E-state index contributed by atoms with van der Waals surface area (Å²) in [6.07, 6.45) is 0.980. The van der Waals surface area contributed by atoms with Crippen LogP contribution in [0.15, 0.2) is 18.2 Å². The van der Waals surface area contributed by atoms with Crippen LogP contribution in [-0.4, -0.2) is 62.1 Å². The number of benzene rings is 1. The van der Waals surface area contributed by atoms with Crippen LogP contribution < -0.4 is 0 Å². The molecule has 0 radical (unpaired) electrons. The molecule has 1 aromatic heterocycles. The zero-order valence-electron chi connectivity index (χ0n) is 14.7. The Bertz CT molecular complexity index is 738. The minimum absolute atomic E-state index is 0.116. The van der Waals surface area contributed by atoms with Gasteiger partial charge in [-0.2, -0.15) is 0 Å². The van der Waals surface area contributed by atoms with Crippen molar-refractivity contribution in [3.63, 3.8) is 0 Å². The molecule has 1 aliphatic rings. The Balaban J connectivity index is 1.57. The Morgan fingerprint density at radius 3 is 2.68 bits per heavy atom. The Morgan fingerprint density at radius 2 is 2.00 bits per heavy atom. The SMILES string of the molecule is CCCn1nnnc1CN1CCN(C(=O)c2ccc(C)c(F)c2)CC1. The molecule has 1 saturated heterocycles. The van der Waals surface area contributed by atoms with Crippen molar-refractivity contribution in [3.8, 4) is 0 Å². The average molecular weight is 346 g/mol. The van der Waals surface area contributed by atoms with E-state index >= 15 is 0 Å². The molecule has 0 saturated carbocycles. The van der Waals surface area contributed by atoms with E-state index in [1.807, 2.05) is 4.68 Å². The van der Waals surface area contributed by atoms with E-state index in [9.17, 15) is 9.18 Å². The lowest BCUT2D eigenvalue weighted by Gasteiger charge is -2.34. The second kappa shape index (κ2) is 7.69. The van der Waals surface area contributed by atoms with Crippen molar-refractivity contribution in [2.24, 2.45) is 0 Å². The molecule has 0 spiro atoms. The molecular formula is C17H23FN6O. The molecule has 8 heteroatoms. The van der Waals surface area contributed by atoms with Crippen LogP contribution in [0.25, 0.3) is 0 Å². The summed E-state index contributed by atoms with van der Waals surface area (Å²) >= 11 is 0. The van der Waals surface area contributed by atoms with E-state index in [-0.39, 0.29) is 11.7 Å². The quantitative estimate of drug-likeness (QED) is 0.821. The maximum absolute atomic E-state index is 13.7. The molecule has 1 aliphatic heterocycles. The number of piperazine rings is 1. The smallest absolute Gasteiger partial charge is 0.254 e. The number of carbonyl (C=O) groups is 1. The van der Waals surface area contributed by atoms with Crippen molar-refractivity contribution in [2.75, 3.05) is 26.2 Å². The number of amides is 1. The van der Waals surface area contributed by atoms with Crippen LogP contribution >= 0.6 is 0 Å². The second-order valence-corrected chi connectivity index (χ2v) is 6.35. The van der Waals surface area contributed by atoms with E-state index < -0.39 is 0 Å². The average Bonchev–Trinajstić information content (AvgIpc) is 3.05. The number of nitrogens with zero attached hydrogens (tertiary/aromatic N) is 6. The molecule has 2 aromatic rings. The third-order valence-electron chi connectivity index (χ3n) is 4.48. The molecule has 0 atom stereocenters. The Hall–Kier alpha value is -2.35. The van der Waals surface area contributed by atoms with Crippen LogP contribution in [0.2, 0.25) is 0 Å². The summed E-state index contributed by atoms with van der Waals surface area (Å²) in [6.45, 7) is 7.98. The number of hydrogen-bond acceptors (Lipinski definition) is 5. The van der Waals surface area contributed by atoms with Gasteiger partial charge in [0.25, 0.3) is 5.91 Å². The third kappa shape index (κ3) is 4.01. The summed E-state index contributed by atoms with van der Waals surface area (Å²) in [4.78, 5) is 16.5. The molecule has 3 rings (SSSR count). The minimum Gasteiger partial charge on any atom is -0.336 e. The number of tetrazole rings is 1. The molecule has 134 valence electrons. The number of rotatable bonds is 5. The van der Waals surface area contributed by atoms with E-state index in [1.165, 1.54) is 6.07 Å². The van der Waals surface area contributed by atoms with E-state index in [2.05, 4.69) is 27.3 Å². The molecule has 25 heavy (non-hydrogen) atoms. The predicted molar refractivity (Wildman–Crippen MR) is 90.4 cm³/mol. The fraction of sp³-hybridized carbons (Fsp3) is 0.529. The fourth-order valence-electron chi connectivity index (χ4n) is 2.94. The largest absolute Gasteiger partial charge is 0.336 e. The van der Waals surface area contributed by atoms with Gasteiger partial charge in [0.2, 0.25) is 0 Å². The van der Waals surface area contributed by atoms with Crippen LogP contribution in [0.5, 0.6) is 0 Å². The third-order valence-corrected chi connectivity index (χ3v) is 4.48. The minimum atomic E-state index is -0.341. The molecule has 0 N–H and O–H groups in total. The highest BCUT2D eigenvalue weighted by Crippen LogP contribution is 2.14. The lowest BCUT2D eigenvalue weighted by atomic mass is 10.1. The van der Waals surface area contributed by atoms with E-state index in [0.29, 0.717) is 30.8 Å². The predicted octanol–water partition coefficient (Wildman–Crippen LogP) is 1.49. The Kier molecular flexibility index (Phi) is 5.37. The Morgan fingerprint density at radius 1 is 1.24 bits per heavy atom. The molecule has 1 aromatic carbocycles. The van der Waals surface area contributed by atoms with Crippen molar-refractivity contribution in [2.45, 2.75) is 33.4 Å². The number of aryl methyl sites for hydroxylation is 2. The van der Waals surface area contributed by atoms with Gasteiger partial charge in [0.05, 0.1) is 6.54 Å². The first kappa shape index (κ1) is 17.5. The van der Waals surface area contributed by atoms with Gasteiger partial charge in [-0.25, -0.2) is 9.07 Å². The van der Waals surface area contributed by atoms with Gasteiger partial charge in [-0.05, 0) is 41.5 Å². The van der Waals surface area contributed by atoms with Gasteiger partial charge >= 0.3 is 0 Å². The summed E-state index contributed by atoms with van der Waals surface area (Å²) in [5, 5.41) is 11.8. The maximum Gasteiger partial charge on any atom is 0.254 e. The molecule has 0 unspecified atom stereocenters. The molecule has 1 amide bonds. The van der Waals surface area contributed by atoms with Gasteiger partial charge in [-0.3, -0.25) is 9.69 Å². The van der Waals surface area contributed by atoms with Crippen molar-refractivity contribution in [3.05, 3.63) is 41.0 Å². The van der Waals surface area contributed by atoms with Crippen LogP contribution in [0.3, 0.4) is 0 Å². The molecule has 0 bridgehead atoms. The number of carbonyl (C=O) groups excluding carboxylic acids is 1. The second-order valence-electron chi connectivity index (χ2n) is 6.35. The normalized spacial score (nSPS) is 15.6. The monoisotopic (exact) mass is 346 g/mol. The van der Waals surface area contributed by atoms with Gasteiger partial charge in [0.15, 0.2) is 5.82 Å². The highest BCUT2D eigenvalue weighted by molar-refractivity contribution is 5.94. The zero-order valence-corrected chi connectivity index (χ0v) is 14.7. The van der Waals surface area contributed by atoms with Crippen molar-refractivity contribution >= 4 is 5.91 Å². The molecule has 0 aliphatic carbocycles. The zero-order chi connectivity index (χ0) is 17.8. The van der Waals surface area contributed by atoms with Crippen LogP contribution in [0, 0.1) is 12.7 Å². The van der Waals surface area contributed by atoms with E-state index in [1.54, 1.807) is 24.0 Å². The van der Waals surface area contributed by atoms with Gasteiger partial charge in [-0.15, -0.1) is 5.10 Å². The first-order valence-electron chi connectivity index (χ1n) is 8.61. The summed E-state index contributed by atoms with van der Waals surface area (Å²) in [6, 6.07) is 4.65. The van der Waals surface area contributed by atoms with Gasteiger partial charge in [0.1, 0.15) is 5.82 Å². The van der Waals surface area contributed by atoms with Gasteiger partial charge < -0.3 is 4.90 Å². The van der Waals surface area contributed by atoms with Gasteiger partial charge in [-0.1, -0.05) is 13.0 Å². The van der Waals surface area contributed by atoms with Crippen molar-refractivity contribution in [1.29, 1.82) is 0 Å². The number of hydrogen-bond donors (Lipinski definition) is 0. The topological polar surface area (TPSA) is 67.2 Å². The first-order chi connectivity index (χ1) is 12.1. The molecule has 1 fully saturated rings. The van der Waals surface area contributed by atoms with Crippen LogP contribution in [0.4, 0.5) is 4.39 Å². The Labute approximate surface area is 146 Å². The first-order valence-corrected chi connectivity index (χ1v) is 8.61.